The normalized spacial score (nSPS) is 32.9. The van der Waals surface area contributed by atoms with E-state index in [0.717, 1.165) is 28.7 Å². The van der Waals surface area contributed by atoms with Crippen LogP contribution in [0.15, 0.2) is 33.8 Å². The summed E-state index contributed by atoms with van der Waals surface area (Å²) in [4.78, 5) is 12.6. The van der Waals surface area contributed by atoms with Crippen LogP contribution in [0.3, 0.4) is 0 Å². The van der Waals surface area contributed by atoms with Crippen LogP contribution in [-0.2, 0) is 4.79 Å². The predicted octanol–water partition coefficient (Wildman–Crippen LogP) is 4.24. The van der Waals surface area contributed by atoms with Gasteiger partial charge < -0.3 is 0 Å². The van der Waals surface area contributed by atoms with Gasteiger partial charge in [0.2, 0.25) is 0 Å². The number of nitrogens with one attached hydrogen (secondary N) is 1. The smallest absolute Gasteiger partial charge is 0.185 e. The highest BCUT2D eigenvalue weighted by Crippen LogP contribution is 2.62. The Morgan fingerprint density at radius 3 is 2.45 bits per heavy atom. The van der Waals surface area contributed by atoms with Crippen LogP contribution >= 0.6 is 15.9 Å². The molecule has 2 saturated carbocycles. The van der Waals surface area contributed by atoms with Crippen LogP contribution in [0.4, 0.5) is 5.69 Å². The second-order valence-corrected chi connectivity index (χ2v) is 7.51. The molecule has 0 unspecified atom stereocenters. The summed E-state index contributed by atoms with van der Waals surface area (Å²) in [7, 11) is 0. The zero-order chi connectivity index (χ0) is 14.5. The standard InChI is InChI=1S/C16H19BrN2O/c1-15(2)12-8-9-16(15,3)14(20)13(12)19-18-11-6-4-10(17)5-7-11/h4-7,12,18H,8-9H2,1-3H3/b19-13-/t12-,16+/m1/s1. The van der Waals surface area contributed by atoms with E-state index in [-0.39, 0.29) is 22.5 Å². The third-order valence-electron chi connectivity index (χ3n) is 5.44. The average molecular weight is 335 g/mol. The highest BCUT2D eigenvalue weighted by Gasteiger charge is 2.65. The summed E-state index contributed by atoms with van der Waals surface area (Å²) >= 11 is 3.40. The van der Waals surface area contributed by atoms with E-state index < -0.39 is 0 Å². The quantitative estimate of drug-likeness (QED) is 0.821. The van der Waals surface area contributed by atoms with Crippen molar-refractivity contribution in [1.29, 1.82) is 0 Å². The Morgan fingerprint density at radius 2 is 1.90 bits per heavy atom. The fourth-order valence-corrected chi connectivity index (χ4v) is 3.87. The fourth-order valence-electron chi connectivity index (χ4n) is 3.60. The molecule has 0 spiro atoms. The molecule has 0 saturated heterocycles. The summed E-state index contributed by atoms with van der Waals surface area (Å²) < 4.78 is 1.03. The van der Waals surface area contributed by atoms with Crippen molar-refractivity contribution in [2.45, 2.75) is 33.6 Å². The molecule has 0 aromatic heterocycles. The van der Waals surface area contributed by atoms with Gasteiger partial charge in [-0.05, 0) is 42.5 Å². The zero-order valence-corrected chi connectivity index (χ0v) is 13.6. The molecule has 2 aliphatic carbocycles. The third kappa shape index (κ3) is 1.77. The van der Waals surface area contributed by atoms with Crippen LogP contribution in [-0.4, -0.2) is 11.5 Å². The van der Waals surface area contributed by atoms with Crippen molar-refractivity contribution in [3.05, 3.63) is 28.7 Å². The summed E-state index contributed by atoms with van der Waals surface area (Å²) in [5.41, 5.74) is 4.44. The number of hydrogen-bond donors (Lipinski definition) is 1. The number of fused-ring (bicyclic) bond motifs is 2. The minimum absolute atomic E-state index is 0.0182. The number of benzene rings is 1. The molecule has 0 radical (unpaired) electrons. The molecule has 4 heteroatoms. The number of halogens is 1. The van der Waals surface area contributed by atoms with E-state index in [1.165, 1.54) is 0 Å². The molecular formula is C16H19BrN2O. The van der Waals surface area contributed by atoms with Crippen molar-refractivity contribution in [2.75, 3.05) is 5.43 Å². The van der Waals surface area contributed by atoms with E-state index in [9.17, 15) is 4.79 Å². The van der Waals surface area contributed by atoms with Crippen LogP contribution in [0.1, 0.15) is 33.6 Å². The maximum Gasteiger partial charge on any atom is 0.185 e. The van der Waals surface area contributed by atoms with Crippen LogP contribution in [0.5, 0.6) is 0 Å². The number of hydrogen-bond acceptors (Lipinski definition) is 3. The van der Waals surface area contributed by atoms with Gasteiger partial charge in [-0.3, -0.25) is 10.2 Å². The van der Waals surface area contributed by atoms with Crippen molar-refractivity contribution >= 4 is 33.1 Å². The monoisotopic (exact) mass is 334 g/mol. The molecule has 2 atom stereocenters. The van der Waals surface area contributed by atoms with Gasteiger partial charge in [0, 0.05) is 15.8 Å². The number of hydrazone groups is 1. The number of rotatable bonds is 2. The molecule has 2 bridgehead atoms. The Bertz CT molecular complexity index is 591. The Morgan fingerprint density at radius 1 is 1.25 bits per heavy atom. The molecule has 2 aliphatic rings. The molecule has 0 heterocycles. The second-order valence-electron chi connectivity index (χ2n) is 6.59. The lowest BCUT2D eigenvalue weighted by molar-refractivity contribution is -0.123. The minimum atomic E-state index is -0.238. The Balaban J connectivity index is 1.87. The van der Waals surface area contributed by atoms with Gasteiger partial charge in [-0.15, -0.1) is 0 Å². The van der Waals surface area contributed by atoms with Crippen molar-refractivity contribution in [3.8, 4) is 0 Å². The van der Waals surface area contributed by atoms with Crippen LogP contribution in [0.2, 0.25) is 0 Å². The second kappa shape index (κ2) is 4.42. The summed E-state index contributed by atoms with van der Waals surface area (Å²) in [5.74, 6) is 0.506. The zero-order valence-electron chi connectivity index (χ0n) is 12.0. The van der Waals surface area contributed by atoms with E-state index in [2.05, 4.69) is 47.2 Å². The van der Waals surface area contributed by atoms with E-state index in [1.807, 2.05) is 24.3 Å². The molecule has 3 nitrogen and oxygen atoms in total. The lowest BCUT2D eigenvalue weighted by Gasteiger charge is -2.31. The molecule has 20 heavy (non-hydrogen) atoms. The molecule has 0 aliphatic heterocycles. The van der Waals surface area contributed by atoms with Gasteiger partial charge in [0.05, 0.1) is 5.69 Å². The van der Waals surface area contributed by atoms with Crippen molar-refractivity contribution in [1.82, 2.24) is 0 Å². The summed E-state index contributed by atoms with van der Waals surface area (Å²) in [6, 6.07) is 7.80. The number of Topliss-reactive ketones (excluding diaryl/α,β-unsaturated/α-hetero) is 1. The van der Waals surface area contributed by atoms with Crippen LogP contribution in [0, 0.1) is 16.7 Å². The van der Waals surface area contributed by atoms with Gasteiger partial charge >= 0.3 is 0 Å². The molecule has 2 fully saturated rings. The lowest BCUT2D eigenvalue weighted by atomic mass is 9.70. The maximum atomic E-state index is 12.6. The Hall–Kier alpha value is -1.16. The summed E-state index contributed by atoms with van der Waals surface area (Å²) in [6.07, 6.45) is 2.05. The molecule has 3 rings (SSSR count). The van der Waals surface area contributed by atoms with Gasteiger partial charge in [0.25, 0.3) is 0 Å². The Labute approximate surface area is 128 Å². The average Bonchev–Trinajstić information content (AvgIpc) is 2.71. The van der Waals surface area contributed by atoms with Gasteiger partial charge in [0.15, 0.2) is 5.78 Å². The number of carbonyl (C=O) groups is 1. The van der Waals surface area contributed by atoms with Gasteiger partial charge in [-0.2, -0.15) is 5.10 Å². The van der Waals surface area contributed by atoms with E-state index in [1.54, 1.807) is 0 Å². The third-order valence-corrected chi connectivity index (χ3v) is 5.97. The first-order valence-electron chi connectivity index (χ1n) is 7.00. The number of carbonyl (C=O) groups excluding carboxylic acids is 1. The van der Waals surface area contributed by atoms with Crippen molar-refractivity contribution in [3.63, 3.8) is 0 Å². The molecule has 1 aromatic carbocycles. The maximum absolute atomic E-state index is 12.6. The molecule has 1 N–H and O–H groups in total. The minimum Gasteiger partial charge on any atom is -0.292 e. The Kier molecular flexibility index (Phi) is 3.05. The van der Waals surface area contributed by atoms with E-state index >= 15 is 0 Å². The van der Waals surface area contributed by atoms with Gasteiger partial charge in [-0.25, -0.2) is 0 Å². The molecular weight excluding hydrogens is 316 g/mol. The topological polar surface area (TPSA) is 41.5 Å². The van der Waals surface area contributed by atoms with Crippen LogP contribution < -0.4 is 5.43 Å². The first-order valence-corrected chi connectivity index (χ1v) is 7.79. The highest BCUT2D eigenvalue weighted by molar-refractivity contribution is 9.10. The molecule has 0 amide bonds. The number of nitrogens with zero attached hydrogens (tertiary/aromatic N) is 1. The lowest BCUT2D eigenvalue weighted by Crippen LogP contribution is -2.33. The van der Waals surface area contributed by atoms with Crippen molar-refractivity contribution < 1.29 is 4.79 Å². The van der Waals surface area contributed by atoms with E-state index in [4.69, 9.17) is 0 Å². The highest BCUT2D eigenvalue weighted by atomic mass is 79.9. The summed E-state index contributed by atoms with van der Waals surface area (Å²) in [5, 5.41) is 4.43. The van der Waals surface area contributed by atoms with Crippen molar-refractivity contribution in [2.24, 2.45) is 21.8 Å². The number of anilines is 1. The summed E-state index contributed by atoms with van der Waals surface area (Å²) in [6.45, 7) is 6.49. The van der Waals surface area contributed by atoms with Crippen LogP contribution in [0.25, 0.3) is 0 Å². The van der Waals surface area contributed by atoms with E-state index in [0.29, 0.717) is 0 Å². The fraction of sp³-hybridized carbons (Fsp3) is 0.500. The number of ketones is 1. The molecule has 106 valence electrons. The first-order chi connectivity index (χ1) is 9.36. The largest absolute Gasteiger partial charge is 0.292 e. The predicted molar refractivity (Wildman–Crippen MR) is 84.8 cm³/mol. The SMILES string of the molecule is CC1(C)[C@@H]2CC[C@@]1(C)C(=O)/C2=N\Nc1ccc(Br)cc1. The molecule has 1 aromatic rings. The first kappa shape index (κ1) is 13.8. The van der Waals surface area contributed by atoms with Gasteiger partial charge in [0.1, 0.15) is 5.71 Å². The van der Waals surface area contributed by atoms with Gasteiger partial charge in [-0.1, -0.05) is 36.7 Å².